The molecule has 0 spiro atoms. The van der Waals surface area contributed by atoms with E-state index in [-0.39, 0.29) is 5.41 Å². The highest BCUT2D eigenvalue weighted by Gasteiger charge is 2.30. The molecule has 2 aromatic rings. The summed E-state index contributed by atoms with van der Waals surface area (Å²) in [6, 6.07) is 16.6. The van der Waals surface area contributed by atoms with E-state index in [1.807, 2.05) is 18.2 Å². The lowest BCUT2D eigenvalue weighted by atomic mass is 9.72. The van der Waals surface area contributed by atoms with Crippen molar-refractivity contribution in [3.8, 4) is 5.75 Å². The molecule has 23 heavy (non-hydrogen) atoms. The Balaban J connectivity index is 2.57. The molecule has 2 aromatic carbocycles. The van der Waals surface area contributed by atoms with Gasteiger partial charge >= 0.3 is 0 Å². The van der Waals surface area contributed by atoms with Crippen LogP contribution in [-0.4, -0.2) is 5.11 Å². The first-order valence-electron chi connectivity index (χ1n) is 8.90. The van der Waals surface area contributed by atoms with Crippen molar-refractivity contribution in [3.05, 3.63) is 65.2 Å². The van der Waals surface area contributed by atoms with Crippen molar-refractivity contribution in [1.29, 1.82) is 0 Å². The van der Waals surface area contributed by atoms with Gasteiger partial charge in [-0.3, -0.25) is 0 Å². The summed E-state index contributed by atoms with van der Waals surface area (Å²) >= 11 is 0. The van der Waals surface area contributed by atoms with Crippen LogP contribution in [0.3, 0.4) is 0 Å². The second-order valence-electron chi connectivity index (χ2n) is 7.01. The molecule has 0 saturated carbocycles. The number of hydrogen-bond acceptors (Lipinski definition) is 1. The Bertz CT molecular complexity index is 607. The van der Waals surface area contributed by atoms with Gasteiger partial charge in [0.25, 0.3) is 0 Å². The smallest absolute Gasteiger partial charge is 0.119 e. The van der Waals surface area contributed by atoms with Crippen molar-refractivity contribution in [1.82, 2.24) is 0 Å². The number of hydrogen-bond donors (Lipinski definition) is 1. The highest BCUT2D eigenvalue weighted by molar-refractivity contribution is 5.51. The normalized spacial score (nSPS) is 11.9. The Labute approximate surface area is 141 Å². The van der Waals surface area contributed by atoms with Crippen molar-refractivity contribution in [2.24, 2.45) is 0 Å². The lowest BCUT2D eigenvalue weighted by Crippen LogP contribution is -2.22. The van der Waals surface area contributed by atoms with E-state index >= 15 is 0 Å². The minimum atomic E-state index is -0.207. The van der Waals surface area contributed by atoms with E-state index in [9.17, 15) is 5.11 Å². The topological polar surface area (TPSA) is 20.2 Å². The van der Waals surface area contributed by atoms with Crippen LogP contribution >= 0.6 is 0 Å². The van der Waals surface area contributed by atoms with Gasteiger partial charge in [-0.2, -0.15) is 0 Å². The van der Waals surface area contributed by atoms with Crippen LogP contribution in [-0.2, 0) is 5.41 Å². The Hall–Kier alpha value is -1.76. The molecule has 0 amide bonds. The summed E-state index contributed by atoms with van der Waals surface area (Å²) in [7, 11) is 0. The standard InChI is InChI=1S/C22H30O/c1-5-11-17(12-6-2)19-15-10-16-20(23)21(19)22(3,4)18-13-8-7-9-14-18/h7-10,13-17,23H,5-6,11-12H2,1-4H3. The quantitative estimate of drug-likeness (QED) is 0.627. The fraction of sp³-hybridized carbons (Fsp3) is 0.455. The monoisotopic (exact) mass is 310 g/mol. The molecule has 0 fully saturated rings. The predicted octanol–water partition coefficient (Wildman–Crippen LogP) is 6.40. The van der Waals surface area contributed by atoms with Gasteiger partial charge in [0, 0.05) is 11.0 Å². The molecular formula is C22H30O. The third-order valence-electron chi connectivity index (χ3n) is 4.91. The van der Waals surface area contributed by atoms with Crippen molar-refractivity contribution in [2.45, 2.75) is 64.7 Å². The van der Waals surface area contributed by atoms with Gasteiger partial charge in [0.05, 0.1) is 0 Å². The Kier molecular flexibility index (Phi) is 5.87. The van der Waals surface area contributed by atoms with Gasteiger partial charge in [-0.25, -0.2) is 0 Å². The molecule has 0 unspecified atom stereocenters. The SMILES string of the molecule is CCCC(CCC)c1cccc(O)c1C(C)(C)c1ccccc1. The van der Waals surface area contributed by atoms with Crippen molar-refractivity contribution in [2.75, 3.05) is 0 Å². The first-order valence-corrected chi connectivity index (χ1v) is 8.90. The lowest BCUT2D eigenvalue weighted by Gasteiger charge is -2.32. The van der Waals surface area contributed by atoms with E-state index in [0.29, 0.717) is 11.7 Å². The van der Waals surface area contributed by atoms with E-state index in [4.69, 9.17) is 0 Å². The van der Waals surface area contributed by atoms with Crippen LogP contribution in [0.5, 0.6) is 5.75 Å². The molecule has 1 N–H and O–H groups in total. The van der Waals surface area contributed by atoms with Gasteiger partial charge in [-0.05, 0) is 36.0 Å². The summed E-state index contributed by atoms with van der Waals surface area (Å²) in [6.45, 7) is 8.92. The van der Waals surface area contributed by atoms with Gasteiger partial charge < -0.3 is 5.11 Å². The molecule has 0 aromatic heterocycles. The second-order valence-corrected chi connectivity index (χ2v) is 7.01. The highest BCUT2D eigenvalue weighted by Crippen LogP contribution is 2.43. The molecule has 124 valence electrons. The van der Waals surface area contributed by atoms with Gasteiger partial charge in [-0.15, -0.1) is 0 Å². The molecule has 0 radical (unpaired) electrons. The zero-order valence-electron chi connectivity index (χ0n) is 15.0. The summed E-state index contributed by atoms with van der Waals surface area (Å²) < 4.78 is 0. The third kappa shape index (κ3) is 3.77. The molecule has 1 heteroatoms. The lowest BCUT2D eigenvalue weighted by molar-refractivity contribution is 0.445. The maximum absolute atomic E-state index is 10.7. The molecule has 1 nitrogen and oxygen atoms in total. The van der Waals surface area contributed by atoms with E-state index < -0.39 is 0 Å². The summed E-state index contributed by atoms with van der Waals surface area (Å²) in [5.41, 5.74) is 3.46. The van der Waals surface area contributed by atoms with Crippen molar-refractivity contribution < 1.29 is 5.11 Å². The van der Waals surface area contributed by atoms with Crippen LogP contribution in [0.15, 0.2) is 48.5 Å². The Morgan fingerprint density at radius 3 is 2.04 bits per heavy atom. The van der Waals surface area contributed by atoms with Gasteiger partial charge in [0.2, 0.25) is 0 Å². The molecular weight excluding hydrogens is 280 g/mol. The fourth-order valence-electron chi connectivity index (χ4n) is 3.73. The summed E-state index contributed by atoms with van der Waals surface area (Å²) in [6.07, 6.45) is 4.70. The van der Waals surface area contributed by atoms with Crippen LogP contribution in [0, 0.1) is 0 Å². The summed E-state index contributed by atoms with van der Waals surface area (Å²) in [5.74, 6) is 0.948. The van der Waals surface area contributed by atoms with Crippen molar-refractivity contribution in [3.63, 3.8) is 0 Å². The zero-order valence-corrected chi connectivity index (χ0v) is 15.0. The third-order valence-corrected chi connectivity index (χ3v) is 4.91. The van der Waals surface area contributed by atoms with Crippen LogP contribution in [0.25, 0.3) is 0 Å². The minimum Gasteiger partial charge on any atom is -0.508 e. The highest BCUT2D eigenvalue weighted by atomic mass is 16.3. The van der Waals surface area contributed by atoms with Crippen LogP contribution in [0.4, 0.5) is 0 Å². The number of phenolic OH excluding ortho intramolecular Hbond substituents is 1. The first kappa shape index (κ1) is 17.6. The van der Waals surface area contributed by atoms with E-state index in [1.165, 1.54) is 36.8 Å². The first-order chi connectivity index (χ1) is 11.0. The number of phenols is 1. The van der Waals surface area contributed by atoms with Crippen molar-refractivity contribution >= 4 is 0 Å². The zero-order chi connectivity index (χ0) is 16.9. The molecule has 0 saturated heterocycles. The van der Waals surface area contributed by atoms with E-state index in [0.717, 1.165) is 5.56 Å². The van der Waals surface area contributed by atoms with Gasteiger partial charge in [0.15, 0.2) is 0 Å². The number of rotatable bonds is 7. The molecule has 0 aliphatic rings. The molecule has 2 rings (SSSR count). The maximum Gasteiger partial charge on any atom is 0.119 e. The minimum absolute atomic E-state index is 0.207. The molecule has 0 bridgehead atoms. The van der Waals surface area contributed by atoms with Gasteiger partial charge in [-0.1, -0.05) is 83.0 Å². The fourth-order valence-corrected chi connectivity index (χ4v) is 3.73. The summed E-state index contributed by atoms with van der Waals surface area (Å²) in [4.78, 5) is 0. The van der Waals surface area contributed by atoms with E-state index in [1.54, 1.807) is 0 Å². The average Bonchev–Trinajstić information content (AvgIpc) is 2.55. The maximum atomic E-state index is 10.7. The second kappa shape index (κ2) is 7.68. The summed E-state index contributed by atoms with van der Waals surface area (Å²) in [5, 5.41) is 10.7. The Morgan fingerprint density at radius 2 is 1.48 bits per heavy atom. The van der Waals surface area contributed by atoms with E-state index in [2.05, 4.69) is 58.0 Å². The molecule has 0 aliphatic carbocycles. The van der Waals surface area contributed by atoms with Gasteiger partial charge in [0.1, 0.15) is 5.75 Å². The molecule has 0 atom stereocenters. The predicted molar refractivity (Wildman–Crippen MR) is 99.2 cm³/mol. The van der Waals surface area contributed by atoms with Crippen LogP contribution in [0.2, 0.25) is 0 Å². The average molecular weight is 310 g/mol. The Morgan fingerprint density at radius 1 is 0.870 bits per heavy atom. The molecule has 0 aliphatic heterocycles. The van der Waals surface area contributed by atoms with Crippen LogP contribution < -0.4 is 0 Å². The van der Waals surface area contributed by atoms with Crippen LogP contribution in [0.1, 0.15) is 76.0 Å². The largest absolute Gasteiger partial charge is 0.508 e. The molecule has 0 heterocycles. The number of aromatic hydroxyl groups is 1. The number of benzene rings is 2.